The van der Waals surface area contributed by atoms with Gasteiger partial charge in [0.05, 0.1) is 30.9 Å². The molecule has 0 bridgehead atoms. The third kappa shape index (κ3) is 5.52. The molecule has 3 aromatic rings. The van der Waals surface area contributed by atoms with Crippen molar-refractivity contribution in [3.05, 3.63) is 59.9 Å². The Kier molecular flexibility index (Phi) is 7.14. The van der Waals surface area contributed by atoms with Crippen LogP contribution in [0, 0.1) is 17.1 Å². The minimum atomic E-state index is -0.314. The maximum absolute atomic E-state index is 13.4. The number of nitrogens with zero attached hydrogens (tertiary/aromatic N) is 4. The van der Waals surface area contributed by atoms with Gasteiger partial charge in [0, 0.05) is 17.9 Å². The fraction of sp³-hybridized carbons (Fsp3) is 0.304. The minimum absolute atomic E-state index is 0.0605. The number of nitrogens with one attached hydrogen (secondary N) is 1. The van der Waals surface area contributed by atoms with Gasteiger partial charge in [0.15, 0.2) is 11.0 Å². The number of benzene rings is 2. The number of amides is 1. The lowest BCUT2D eigenvalue weighted by Crippen LogP contribution is -2.18. The number of aromatic nitrogens is 3. The molecule has 0 spiro atoms. The van der Waals surface area contributed by atoms with Crippen LogP contribution in [0.2, 0.25) is 0 Å². The van der Waals surface area contributed by atoms with Gasteiger partial charge < -0.3 is 10.1 Å². The van der Waals surface area contributed by atoms with Crippen LogP contribution in [0.4, 0.5) is 10.1 Å². The maximum Gasteiger partial charge on any atom is 0.234 e. The Morgan fingerprint density at radius 3 is 2.69 bits per heavy atom. The summed E-state index contributed by atoms with van der Waals surface area (Å²) in [7, 11) is 0. The molecule has 2 heterocycles. The third-order valence-corrected chi connectivity index (χ3v) is 6.05. The first-order valence-electron chi connectivity index (χ1n) is 10.3. The first kappa shape index (κ1) is 22.0. The summed E-state index contributed by atoms with van der Waals surface area (Å²) < 4.78 is 21.1. The highest BCUT2D eigenvalue weighted by Gasteiger charge is 2.22. The van der Waals surface area contributed by atoms with E-state index in [1.165, 1.54) is 23.9 Å². The number of ether oxygens (including phenoxy) is 1. The number of hydrogen-bond acceptors (Lipinski definition) is 6. The normalized spacial score (nSPS) is 15.4. The lowest BCUT2D eigenvalue weighted by Gasteiger charge is -2.14. The van der Waals surface area contributed by atoms with E-state index in [1.807, 2.05) is 16.7 Å². The molecule has 0 saturated carbocycles. The smallest absolute Gasteiger partial charge is 0.234 e. The molecule has 4 rings (SSSR count). The Bertz CT molecular complexity index is 1100. The molecule has 1 aromatic heterocycles. The van der Waals surface area contributed by atoms with E-state index in [0.29, 0.717) is 29.6 Å². The molecule has 1 aliphatic rings. The van der Waals surface area contributed by atoms with Gasteiger partial charge in [0.1, 0.15) is 5.82 Å². The zero-order chi connectivity index (χ0) is 22.3. The van der Waals surface area contributed by atoms with Crippen molar-refractivity contribution in [2.24, 2.45) is 0 Å². The van der Waals surface area contributed by atoms with Crippen molar-refractivity contribution in [1.29, 1.82) is 5.26 Å². The molecular weight excluding hydrogens is 429 g/mol. The molecule has 1 aliphatic heterocycles. The molecule has 9 heteroatoms. The molecule has 1 amide bonds. The van der Waals surface area contributed by atoms with Crippen LogP contribution >= 0.6 is 11.8 Å². The van der Waals surface area contributed by atoms with Gasteiger partial charge in [-0.3, -0.25) is 9.36 Å². The van der Waals surface area contributed by atoms with E-state index in [-0.39, 0.29) is 23.6 Å². The van der Waals surface area contributed by atoms with E-state index < -0.39 is 0 Å². The van der Waals surface area contributed by atoms with Crippen LogP contribution in [-0.4, -0.2) is 39.1 Å². The lowest BCUT2D eigenvalue weighted by atomic mass is 10.1. The average molecular weight is 452 g/mol. The van der Waals surface area contributed by atoms with Gasteiger partial charge in [-0.15, -0.1) is 10.2 Å². The van der Waals surface area contributed by atoms with Crippen LogP contribution in [0.25, 0.3) is 11.4 Å². The molecule has 0 radical (unpaired) electrons. The summed E-state index contributed by atoms with van der Waals surface area (Å²) in [5, 5.41) is 20.8. The summed E-state index contributed by atoms with van der Waals surface area (Å²) in [5.41, 5.74) is 2.33. The van der Waals surface area contributed by atoms with Gasteiger partial charge in [-0.25, -0.2) is 4.39 Å². The fourth-order valence-electron chi connectivity index (χ4n) is 3.49. The zero-order valence-electron chi connectivity index (χ0n) is 17.3. The van der Waals surface area contributed by atoms with Crippen LogP contribution < -0.4 is 5.32 Å². The molecule has 7 nitrogen and oxygen atoms in total. The van der Waals surface area contributed by atoms with Gasteiger partial charge in [-0.1, -0.05) is 23.9 Å². The average Bonchev–Trinajstić information content (AvgIpc) is 3.45. The molecule has 1 fully saturated rings. The van der Waals surface area contributed by atoms with Gasteiger partial charge in [-0.05, 0) is 54.8 Å². The molecule has 1 unspecified atom stereocenters. The summed E-state index contributed by atoms with van der Waals surface area (Å²) in [5.74, 6) is 0.299. The van der Waals surface area contributed by atoms with Crippen molar-refractivity contribution >= 4 is 23.4 Å². The third-order valence-electron chi connectivity index (χ3n) is 5.08. The first-order valence-corrected chi connectivity index (χ1v) is 11.3. The van der Waals surface area contributed by atoms with E-state index in [4.69, 9.17) is 10.00 Å². The summed E-state index contributed by atoms with van der Waals surface area (Å²) in [6.45, 7) is 1.31. The highest BCUT2D eigenvalue weighted by Crippen LogP contribution is 2.27. The Labute approximate surface area is 189 Å². The van der Waals surface area contributed by atoms with E-state index in [9.17, 15) is 9.18 Å². The Balaban J connectivity index is 1.45. The summed E-state index contributed by atoms with van der Waals surface area (Å²) in [6.07, 6.45) is 2.36. The fourth-order valence-corrected chi connectivity index (χ4v) is 4.24. The van der Waals surface area contributed by atoms with Gasteiger partial charge in [-0.2, -0.15) is 5.26 Å². The van der Waals surface area contributed by atoms with Crippen molar-refractivity contribution in [3.63, 3.8) is 0 Å². The van der Waals surface area contributed by atoms with Crippen molar-refractivity contribution in [1.82, 2.24) is 14.8 Å². The minimum Gasteiger partial charge on any atom is -0.376 e. The van der Waals surface area contributed by atoms with Crippen molar-refractivity contribution in [3.8, 4) is 17.5 Å². The second kappa shape index (κ2) is 10.4. The highest BCUT2D eigenvalue weighted by molar-refractivity contribution is 7.99. The van der Waals surface area contributed by atoms with E-state index in [1.54, 1.807) is 24.3 Å². The number of thioether (sulfide) groups is 1. The van der Waals surface area contributed by atoms with Crippen LogP contribution in [0.3, 0.4) is 0 Å². The van der Waals surface area contributed by atoms with Crippen molar-refractivity contribution < 1.29 is 13.9 Å². The standard InChI is InChI=1S/C23H22FN5O2S/c24-18-7-5-17(6-8-18)22-27-28-23(29(22)14-20-2-1-13-31-20)32-15-21(30)26-19-9-3-16(4-10-19)11-12-25/h3-10,20H,1-2,11,13-15H2,(H,26,30). The maximum atomic E-state index is 13.4. The van der Waals surface area contributed by atoms with Gasteiger partial charge >= 0.3 is 0 Å². The highest BCUT2D eigenvalue weighted by atomic mass is 32.2. The molecule has 0 aliphatic carbocycles. The van der Waals surface area contributed by atoms with Gasteiger partial charge in [0.25, 0.3) is 0 Å². The number of anilines is 1. The first-order chi connectivity index (χ1) is 15.6. The monoisotopic (exact) mass is 451 g/mol. The van der Waals surface area contributed by atoms with Crippen LogP contribution in [0.1, 0.15) is 18.4 Å². The quantitative estimate of drug-likeness (QED) is 0.519. The topological polar surface area (TPSA) is 92.8 Å². The largest absolute Gasteiger partial charge is 0.376 e. The number of nitriles is 1. The van der Waals surface area contributed by atoms with E-state index >= 15 is 0 Å². The van der Waals surface area contributed by atoms with Gasteiger partial charge in [0.2, 0.25) is 5.91 Å². The molecule has 32 heavy (non-hydrogen) atoms. The van der Waals surface area contributed by atoms with Crippen molar-refractivity contribution in [2.75, 3.05) is 17.7 Å². The number of carbonyl (C=O) groups excluding carboxylic acids is 1. The Morgan fingerprint density at radius 2 is 2.00 bits per heavy atom. The van der Waals surface area contributed by atoms with Crippen molar-refractivity contribution in [2.45, 2.75) is 37.1 Å². The predicted molar refractivity (Wildman–Crippen MR) is 120 cm³/mol. The molecule has 2 aromatic carbocycles. The zero-order valence-corrected chi connectivity index (χ0v) is 18.1. The number of rotatable bonds is 8. The second-order valence-electron chi connectivity index (χ2n) is 7.43. The predicted octanol–water partition coefficient (Wildman–Crippen LogP) is 4.06. The van der Waals surface area contributed by atoms with E-state index in [2.05, 4.69) is 21.6 Å². The number of halogens is 1. The van der Waals surface area contributed by atoms with Crippen LogP contribution in [-0.2, 0) is 22.5 Å². The molecule has 1 N–H and O–H groups in total. The molecule has 1 saturated heterocycles. The van der Waals surface area contributed by atoms with E-state index in [0.717, 1.165) is 30.6 Å². The molecule has 164 valence electrons. The summed E-state index contributed by atoms with van der Waals surface area (Å²) >= 11 is 1.29. The molecule has 1 atom stereocenters. The number of carbonyl (C=O) groups is 1. The molecular formula is C23H22FN5O2S. The lowest BCUT2D eigenvalue weighted by molar-refractivity contribution is -0.113. The Hall–Kier alpha value is -3.22. The summed E-state index contributed by atoms with van der Waals surface area (Å²) in [6, 6.07) is 15.4. The van der Waals surface area contributed by atoms with Crippen LogP contribution in [0.15, 0.2) is 53.7 Å². The SMILES string of the molecule is N#CCc1ccc(NC(=O)CSc2nnc(-c3ccc(F)cc3)n2CC2CCCO2)cc1. The number of hydrogen-bond donors (Lipinski definition) is 1. The second-order valence-corrected chi connectivity index (χ2v) is 8.37. The Morgan fingerprint density at radius 1 is 1.22 bits per heavy atom. The summed E-state index contributed by atoms with van der Waals surface area (Å²) in [4.78, 5) is 12.5. The van der Waals surface area contributed by atoms with Crippen LogP contribution in [0.5, 0.6) is 0 Å².